The van der Waals surface area contributed by atoms with Crippen LogP contribution in [0.25, 0.3) is 5.65 Å². The standard InChI is InChI=1S/C21H28N8O2/c1-13-18(30)26-21(19(31)23-13)5-7-28(8-6-21)12-15-24-16-9-14(11-22)27-29(16)17(25-15)10-20(2,3)4/h9,13H,5-8,10,12H2,1-4H3,(H,23,31)(H,26,30). The van der Waals surface area contributed by atoms with Crippen LogP contribution in [-0.2, 0) is 22.6 Å². The van der Waals surface area contributed by atoms with Gasteiger partial charge in [-0.25, -0.2) is 9.97 Å². The number of amides is 2. The summed E-state index contributed by atoms with van der Waals surface area (Å²) in [4.78, 5) is 36.2. The number of carbonyl (C=O) groups is 2. The Morgan fingerprint density at radius 3 is 2.61 bits per heavy atom. The van der Waals surface area contributed by atoms with Crippen LogP contribution >= 0.6 is 0 Å². The topological polar surface area (TPSA) is 128 Å². The molecular weight excluding hydrogens is 396 g/mol. The summed E-state index contributed by atoms with van der Waals surface area (Å²) in [5.74, 6) is 1.20. The van der Waals surface area contributed by atoms with Crippen molar-refractivity contribution < 1.29 is 9.59 Å². The third-order valence-corrected chi connectivity index (χ3v) is 5.85. The summed E-state index contributed by atoms with van der Waals surface area (Å²) in [6.45, 7) is 9.90. The molecule has 10 heteroatoms. The van der Waals surface area contributed by atoms with Crippen molar-refractivity contribution in [2.24, 2.45) is 5.41 Å². The van der Waals surface area contributed by atoms with E-state index in [1.165, 1.54) is 0 Å². The fourth-order valence-electron chi connectivity index (χ4n) is 4.15. The van der Waals surface area contributed by atoms with E-state index in [1.807, 2.05) is 0 Å². The molecule has 2 aliphatic rings. The molecule has 10 nitrogen and oxygen atoms in total. The average molecular weight is 425 g/mol. The third kappa shape index (κ3) is 4.23. The van der Waals surface area contributed by atoms with Crippen LogP contribution in [0, 0.1) is 16.7 Å². The first-order valence-corrected chi connectivity index (χ1v) is 10.6. The maximum absolute atomic E-state index is 12.5. The smallest absolute Gasteiger partial charge is 0.246 e. The van der Waals surface area contributed by atoms with Crippen LogP contribution < -0.4 is 10.6 Å². The maximum Gasteiger partial charge on any atom is 0.246 e. The van der Waals surface area contributed by atoms with E-state index in [0.29, 0.717) is 56.1 Å². The Morgan fingerprint density at radius 2 is 1.97 bits per heavy atom. The molecule has 1 spiro atoms. The summed E-state index contributed by atoms with van der Waals surface area (Å²) in [6, 6.07) is 3.25. The van der Waals surface area contributed by atoms with Crippen molar-refractivity contribution in [3.05, 3.63) is 23.4 Å². The van der Waals surface area contributed by atoms with Crippen molar-refractivity contribution in [2.45, 2.75) is 65.1 Å². The van der Waals surface area contributed by atoms with Gasteiger partial charge in [-0.1, -0.05) is 20.8 Å². The van der Waals surface area contributed by atoms with Crippen molar-refractivity contribution in [2.75, 3.05) is 13.1 Å². The van der Waals surface area contributed by atoms with Crippen molar-refractivity contribution in [1.82, 2.24) is 35.1 Å². The molecule has 31 heavy (non-hydrogen) atoms. The molecule has 4 rings (SSSR count). The molecule has 164 valence electrons. The Morgan fingerprint density at radius 1 is 1.26 bits per heavy atom. The summed E-state index contributed by atoms with van der Waals surface area (Å²) < 4.78 is 1.65. The van der Waals surface area contributed by atoms with E-state index in [0.717, 1.165) is 5.82 Å². The molecule has 2 fully saturated rings. The van der Waals surface area contributed by atoms with E-state index < -0.39 is 11.6 Å². The van der Waals surface area contributed by atoms with Gasteiger partial charge >= 0.3 is 0 Å². The molecule has 0 aromatic carbocycles. The summed E-state index contributed by atoms with van der Waals surface area (Å²) in [5, 5.41) is 19.3. The number of piperidine rings is 1. The lowest BCUT2D eigenvalue weighted by atomic mass is 9.84. The molecule has 2 N–H and O–H groups in total. The van der Waals surface area contributed by atoms with Gasteiger partial charge in [-0.2, -0.15) is 14.9 Å². The molecule has 0 aliphatic carbocycles. The predicted molar refractivity (Wildman–Crippen MR) is 112 cm³/mol. The van der Waals surface area contributed by atoms with Gasteiger partial charge in [-0.3, -0.25) is 14.5 Å². The van der Waals surface area contributed by atoms with E-state index in [2.05, 4.69) is 52.5 Å². The number of carbonyl (C=O) groups excluding carboxylic acids is 2. The molecule has 2 aliphatic heterocycles. The monoisotopic (exact) mass is 424 g/mol. The minimum atomic E-state index is -0.824. The molecule has 0 radical (unpaired) electrons. The molecule has 2 saturated heterocycles. The van der Waals surface area contributed by atoms with E-state index in [4.69, 9.17) is 4.98 Å². The van der Waals surface area contributed by atoms with Gasteiger partial charge in [-0.05, 0) is 25.2 Å². The number of nitriles is 1. The molecular formula is C21H28N8O2. The molecule has 2 amide bonds. The Balaban J connectivity index is 1.52. The summed E-state index contributed by atoms with van der Waals surface area (Å²) in [5.41, 5.74) is 0.102. The molecule has 4 heterocycles. The predicted octanol–water partition coefficient (Wildman–Crippen LogP) is 0.554. The lowest BCUT2D eigenvalue weighted by Gasteiger charge is -2.44. The molecule has 0 saturated carbocycles. The van der Waals surface area contributed by atoms with Crippen LogP contribution in [0.3, 0.4) is 0 Å². The van der Waals surface area contributed by atoms with Crippen LogP contribution in [0.2, 0.25) is 0 Å². The fourth-order valence-corrected chi connectivity index (χ4v) is 4.15. The number of hydrogen-bond acceptors (Lipinski definition) is 7. The highest BCUT2D eigenvalue weighted by Crippen LogP contribution is 2.26. The second-order valence-corrected chi connectivity index (χ2v) is 9.75. The number of hydrogen-bond donors (Lipinski definition) is 2. The molecule has 0 bridgehead atoms. The first-order valence-electron chi connectivity index (χ1n) is 10.6. The fraction of sp³-hybridized carbons (Fsp3) is 0.619. The van der Waals surface area contributed by atoms with Gasteiger partial charge in [0, 0.05) is 25.6 Å². The number of aromatic nitrogens is 4. The van der Waals surface area contributed by atoms with Crippen molar-refractivity contribution in [3.8, 4) is 6.07 Å². The zero-order valence-corrected chi connectivity index (χ0v) is 18.4. The van der Waals surface area contributed by atoms with E-state index in [1.54, 1.807) is 17.5 Å². The first-order chi connectivity index (χ1) is 14.6. The number of nitrogens with one attached hydrogen (secondary N) is 2. The van der Waals surface area contributed by atoms with Gasteiger partial charge < -0.3 is 10.6 Å². The SMILES string of the molecule is CC1NC(=O)C2(CCN(Cc3nc(CC(C)(C)C)n4nc(C#N)cc4n3)CC2)NC1=O. The second-order valence-electron chi connectivity index (χ2n) is 9.75. The van der Waals surface area contributed by atoms with E-state index in [-0.39, 0.29) is 17.2 Å². The van der Waals surface area contributed by atoms with Gasteiger partial charge in [-0.15, -0.1) is 0 Å². The lowest BCUT2D eigenvalue weighted by Crippen LogP contribution is -2.71. The van der Waals surface area contributed by atoms with Crippen LogP contribution in [0.5, 0.6) is 0 Å². The summed E-state index contributed by atoms with van der Waals surface area (Å²) in [6.07, 6.45) is 1.78. The van der Waals surface area contributed by atoms with Crippen molar-refractivity contribution in [1.29, 1.82) is 5.26 Å². The lowest BCUT2D eigenvalue weighted by molar-refractivity contribution is -0.143. The Hall–Kier alpha value is -3.06. The number of nitrogens with zero attached hydrogens (tertiary/aromatic N) is 6. The minimum absolute atomic E-state index is 0.00149. The highest BCUT2D eigenvalue weighted by atomic mass is 16.2. The highest BCUT2D eigenvalue weighted by Gasteiger charge is 2.47. The molecule has 1 unspecified atom stereocenters. The largest absolute Gasteiger partial charge is 0.343 e. The number of likely N-dealkylation sites (tertiary alicyclic amines) is 1. The summed E-state index contributed by atoms with van der Waals surface area (Å²) in [7, 11) is 0. The third-order valence-electron chi connectivity index (χ3n) is 5.85. The number of rotatable bonds is 3. The highest BCUT2D eigenvalue weighted by molar-refractivity contribution is 5.99. The molecule has 2 aromatic heterocycles. The summed E-state index contributed by atoms with van der Waals surface area (Å²) >= 11 is 0. The van der Waals surface area contributed by atoms with Gasteiger partial charge in [0.25, 0.3) is 0 Å². The normalized spacial score (nSPS) is 21.7. The van der Waals surface area contributed by atoms with Crippen LogP contribution in [0.4, 0.5) is 0 Å². The maximum atomic E-state index is 12.5. The number of fused-ring (bicyclic) bond motifs is 1. The average Bonchev–Trinajstić information content (AvgIpc) is 3.11. The van der Waals surface area contributed by atoms with E-state index in [9.17, 15) is 14.9 Å². The Bertz CT molecular complexity index is 1070. The zero-order valence-electron chi connectivity index (χ0n) is 18.4. The van der Waals surface area contributed by atoms with Crippen molar-refractivity contribution in [3.63, 3.8) is 0 Å². The Kier molecular flexibility index (Phi) is 5.17. The first kappa shape index (κ1) is 21.2. The zero-order chi connectivity index (χ0) is 22.4. The van der Waals surface area contributed by atoms with E-state index >= 15 is 0 Å². The number of piperazine rings is 1. The van der Waals surface area contributed by atoms with Crippen molar-refractivity contribution >= 4 is 17.5 Å². The molecule has 2 aromatic rings. The van der Waals surface area contributed by atoms with Crippen LogP contribution in [0.1, 0.15) is 57.9 Å². The van der Waals surface area contributed by atoms with Gasteiger partial charge in [0.05, 0.1) is 6.54 Å². The molecule has 1 atom stereocenters. The van der Waals surface area contributed by atoms with Gasteiger partial charge in [0.2, 0.25) is 11.8 Å². The minimum Gasteiger partial charge on any atom is -0.343 e. The van der Waals surface area contributed by atoms with Gasteiger partial charge in [0.1, 0.15) is 29.3 Å². The Labute approximate surface area is 181 Å². The van der Waals surface area contributed by atoms with Crippen LogP contribution in [-0.4, -0.2) is 61.0 Å². The quantitative estimate of drug-likeness (QED) is 0.736. The van der Waals surface area contributed by atoms with Gasteiger partial charge in [0.15, 0.2) is 11.3 Å². The van der Waals surface area contributed by atoms with Crippen LogP contribution in [0.15, 0.2) is 6.07 Å². The second kappa shape index (κ2) is 7.57.